The summed E-state index contributed by atoms with van der Waals surface area (Å²) in [6.07, 6.45) is 0. The fraction of sp³-hybridized carbons (Fsp3) is 0.105. The third-order valence-corrected chi connectivity index (χ3v) is 4.24. The molecule has 0 radical (unpaired) electrons. The molecule has 4 rings (SSSR count). The highest BCUT2D eigenvalue weighted by atomic mass is 16.5. The molecule has 2 aromatic carbocycles. The van der Waals surface area contributed by atoms with Gasteiger partial charge in [0.2, 0.25) is 0 Å². The maximum absolute atomic E-state index is 12.5. The molecule has 124 valence electrons. The number of fused-ring (bicyclic) bond motifs is 2. The first-order chi connectivity index (χ1) is 12.1. The second kappa shape index (κ2) is 5.59. The van der Waals surface area contributed by atoms with Crippen molar-refractivity contribution in [2.24, 2.45) is 0 Å². The van der Waals surface area contributed by atoms with E-state index in [0.29, 0.717) is 33.4 Å². The van der Waals surface area contributed by atoms with Gasteiger partial charge in [0.25, 0.3) is 11.8 Å². The van der Waals surface area contributed by atoms with Crippen molar-refractivity contribution in [2.75, 3.05) is 7.11 Å². The van der Waals surface area contributed by atoms with Gasteiger partial charge < -0.3 is 9.15 Å². The molecule has 1 aliphatic heterocycles. The van der Waals surface area contributed by atoms with Crippen molar-refractivity contribution >= 4 is 22.8 Å². The second-order valence-electron chi connectivity index (χ2n) is 5.69. The van der Waals surface area contributed by atoms with Crippen molar-refractivity contribution in [3.8, 4) is 5.75 Å². The van der Waals surface area contributed by atoms with Gasteiger partial charge in [0.05, 0.1) is 24.8 Å². The lowest BCUT2D eigenvalue weighted by Gasteiger charge is -2.15. The smallest absolute Gasteiger partial charge is 0.336 e. The van der Waals surface area contributed by atoms with E-state index in [1.165, 1.54) is 13.2 Å². The highest BCUT2D eigenvalue weighted by Crippen LogP contribution is 2.27. The zero-order valence-electron chi connectivity index (χ0n) is 13.3. The number of methoxy groups -OCH3 is 1. The Labute approximate surface area is 142 Å². The number of carbonyl (C=O) groups is 2. The van der Waals surface area contributed by atoms with Crippen molar-refractivity contribution in [3.63, 3.8) is 0 Å². The normalized spacial score (nSPS) is 13.4. The molecule has 0 saturated heterocycles. The van der Waals surface area contributed by atoms with Crippen molar-refractivity contribution in [1.82, 2.24) is 4.90 Å². The molecule has 0 spiro atoms. The number of hydrogen-bond donors (Lipinski definition) is 0. The third kappa shape index (κ3) is 2.39. The number of imide groups is 1. The van der Waals surface area contributed by atoms with Crippen molar-refractivity contribution in [3.05, 3.63) is 75.6 Å². The molecule has 0 N–H and O–H groups in total. The summed E-state index contributed by atoms with van der Waals surface area (Å²) < 4.78 is 10.3. The summed E-state index contributed by atoms with van der Waals surface area (Å²) in [5.41, 5.74) is 1.09. The Morgan fingerprint density at radius 1 is 0.960 bits per heavy atom. The maximum atomic E-state index is 12.5. The SMILES string of the molecule is COc1ccc2c(CN3C(=O)c4ccccc4C3=O)cc(=O)oc2c1. The van der Waals surface area contributed by atoms with Crippen molar-refractivity contribution in [2.45, 2.75) is 6.54 Å². The molecular formula is C19H13NO5. The van der Waals surface area contributed by atoms with E-state index in [2.05, 4.69) is 0 Å². The van der Waals surface area contributed by atoms with Gasteiger partial charge in [-0.15, -0.1) is 0 Å². The lowest BCUT2D eigenvalue weighted by Crippen LogP contribution is -2.29. The van der Waals surface area contributed by atoms with E-state index in [0.717, 1.165) is 4.90 Å². The summed E-state index contributed by atoms with van der Waals surface area (Å²) in [6, 6.07) is 13.0. The molecule has 0 aliphatic carbocycles. The van der Waals surface area contributed by atoms with Gasteiger partial charge in [-0.1, -0.05) is 12.1 Å². The minimum absolute atomic E-state index is 0.000769. The fourth-order valence-corrected chi connectivity index (χ4v) is 3.02. The molecule has 0 bridgehead atoms. The van der Waals surface area contributed by atoms with Crippen LogP contribution in [0.25, 0.3) is 11.0 Å². The van der Waals surface area contributed by atoms with E-state index in [9.17, 15) is 14.4 Å². The first kappa shape index (κ1) is 15.1. The van der Waals surface area contributed by atoms with Gasteiger partial charge in [-0.2, -0.15) is 0 Å². The molecule has 2 heterocycles. The van der Waals surface area contributed by atoms with Gasteiger partial charge in [0, 0.05) is 17.5 Å². The monoisotopic (exact) mass is 335 g/mol. The molecule has 3 aromatic rings. The average Bonchev–Trinajstić information content (AvgIpc) is 2.86. The Morgan fingerprint density at radius 3 is 2.28 bits per heavy atom. The Hall–Kier alpha value is -3.41. The standard InChI is InChI=1S/C19H13NO5/c1-24-12-6-7-13-11(8-17(21)25-16(13)9-12)10-20-18(22)14-4-2-3-5-15(14)19(20)23/h2-9H,10H2,1H3. The predicted octanol–water partition coefficient (Wildman–Crippen LogP) is 2.60. The van der Waals surface area contributed by atoms with Crippen LogP contribution in [-0.4, -0.2) is 23.8 Å². The van der Waals surface area contributed by atoms with Crippen LogP contribution in [0.15, 0.2) is 57.7 Å². The first-order valence-electron chi connectivity index (χ1n) is 7.64. The number of hydrogen-bond acceptors (Lipinski definition) is 5. The van der Waals surface area contributed by atoms with Crippen LogP contribution in [0.4, 0.5) is 0 Å². The molecule has 0 atom stereocenters. The summed E-state index contributed by atoms with van der Waals surface area (Å²) >= 11 is 0. The zero-order chi connectivity index (χ0) is 17.6. The van der Waals surface area contributed by atoms with Crippen molar-refractivity contribution < 1.29 is 18.7 Å². The molecule has 1 aromatic heterocycles. The molecule has 6 heteroatoms. The first-order valence-corrected chi connectivity index (χ1v) is 7.64. The van der Waals surface area contributed by atoms with Crippen molar-refractivity contribution in [1.29, 1.82) is 0 Å². The van der Waals surface area contributed by atoms with E-state index in [-0.39, 0.29) is 18.4 Å². The predicted molar refractivity (Wildman–Crippen MR) is 89.7 cm³/mol. The molecule has 6 nitrogen and oxygen atoms in total. The summed E-state index contributed by atoms with van der Waals surface area (Å²) in [6.45, 7) is 0.000769. The van der Waals surface area contributed by atoms with Crippen LogP contribution in [0.2, 0.25) is 0 Å². The van der Waals surface area contributed by atoms with E-state index in [4.69, 9.17) is 9.15 Å². The summed E-state index contributed by atoms with van der Waals surface area (Å²) in [5.74, 6) is -0.181. The molecule has 25 heavy (non-hydrogen) atoms. The van der Waals surface area contributed by atoms with Gasteiger partial charge in [-0.05, 0) is 29.8 Å². The zero-order valence-corrected chi connectivity index (χ0v) is 13.3. The number of ether oxygens (including phenoxy) is 1. The van der Waals surface area contributed by atoms with Crippen LogP contribution in [0.1, 0.15) is 26.3 Å². The van der Waals surface area contributed by atoms with E-state index >= 15 is 0 Å². The van der Waals surface area contributed by atoms with Gasteiger partial charge in [-0.3, -0.25) is 14.5 Å². The van der Waals surface area contributed by atoms with Gasteiger partial charge in [0.1, 0.15) is 11.3 Å². The number of nitrogens with zero attached hydrogens (tertiary/aromatic N) is 1. The minimum Gasteiger partial charge on any atom is -0.497 e. The topological polar surface area (TPSA) is 76.8 Å². The Balaban J connectivity index is 1.78. The maximum Gasteiger partial charge on any atom is 0.336 e. The number of benzene rings is 2. The van der Waals surface area contributed by atoms with Crippen LogP contribution in [0.3, 0.4) is 0 Å². The molecule has 0 fully saturated rings. The molecule has 0 saturated carbocycles. The highest BCUT2D eigenvalue weighted by Gasteiger charge is 2.35. The van der Waals surface area contributed by atoms with Gasteiger partial charge in [-0.25, -0.2) is 4.79 Å². The number of rotatable bonds is 3. The lowest BCUT2D eigenvalue weighted by molar-refractivity contribution is 0.0642. The molecule has 0 unspecified atom stereocenters. The van der Waals surface area contributed by atoms with Crippen LogP contribution in [-0.2, 0) is 6.54 Å². The Kier molecular flexibility index (Phi) is 3.39. The Morgan fingerprint density at radius 2 is 1.64 bits per heavy atom. The summed E-state index contributed by atoms with van der Waals surface area (Å²) in [5, 5.41) is 0.650. The van der Waals surface area contributed by atoms with E-state index in [1.54, 1.807) is 42.5 Å². The fourth-order valence-electron chi connectivity index (χ4n) is 3.02. The van der Waals surface area contributed by atoms with Gasteiger partial charge >= 0.3 is 5.63 Å². The van der Waals surface area contributed by atoms with Crippen LogP contribution >= 0.6 is 0 Å². The van der Waals surface area contributed by atoms with E-state index < -0.39 is 5.63 Å². The van der Waals surface area contributed by atoms with Crippen LogP contribution in [0, 0.1) is 0 Å². The molecular weight excluding hydrogens is 322 g/mol. The van der Waals surface area contributed by atoms with Crippen LogP contribution in [0.5, 0.6) is 5.75 Å². The van der Waals surface area contributed by atoms with Gasteiger partial charge in [0.15, 0.2) is 0 Å². The Bertz CT molecular complexity index is 1050. The van der Waals surface area contributed by atoms with E-state index in [1.807, 2.05) is 0 Å². The summed E-state index contributed by atoms with van der Waals surface area (Å²) in [4.78, 5) is 38.0. The number of amides is 2. The lowest BCUT2D eigenvalue weighted by atomic mass is 10.1. The third-order valence-electron chi connectivity index (χ3n) is 4.24. The molecule has 1 aliphatic rings. The quantitative estimate of drug-likeness (QED) is 0.543. The second-order valence-corrected chi connectivity index (χ2v) is 5.69. The average molecular weight is 335 g/mol. The minimum atomic E-state index is -0.549. The van der Waals surface area contributed by atoms with Crippen LogP contribution < -0.4 is 10.4 Å². The number of carbonyl (C=O) groups excluding carboxylic acids is 2. The largest absolute Gasteiger partial charge is 0.497 e. The highest BCUT2D eigenvalue weighted by molar-refractivity contribution is 6.21. The molecule has 2 amide bonds. The summed E-state index contributed by atoms with van der Waals surface area (Å²) in [7, 11) is 1.52.